The van der Waals surface area contributed by atoms with Crippen LogP contribution in [0.2, 0.25) is 0 Å². The van der Waals surface area contributed by atoms with Gasteiger partial charge in [0.1, 0.15) is 5.82 Å². The fourth-order valence-electron chi connectivity index (χ4n) is 4.57. The van der Waals surface area contributed by atoms with Crippen LogP contribution in [-0.2, 0) is 12.7 Å². The molecule has 0 bridgehead atoms. The zero-order valence-corrected chi connectivity index (χ0v) is 16.8. The Hall–Kier alpha value is -2.42. The minimum absolute atomic E-state index is 0.0526. The molecule has 0 aliphatic carbocycles. The first-order chi connectivity index (χ1) is 14.1. The smallest absolute Gasteiger partial charge is 0.323 e. The largest absolute Gasteiger partial charge is 0.416 e. The average molecular weight is 424 g/mol. The molecule has 3 heterocycles. The van der Waals surface area contributed by atoms with Gasteiger partial charge in [-0.05, 0) is 68.0 Å². The Morgan fingerprint density at radius 2 is 1.83 bits per heavy atom. The molecule has 0 atom stereocenters. The number of carbonyl (C=O) groups excluding carboxylic acids is 1. The second kappa shape index (κ2) is 7.68. The second-order valence-corrected chi connectivity index (χ2v) is 8.48. The van der Waals surface area contributed by atoms with Crippen molar-refractivity contribution in [2.24, 2.45) is 5.41 Å². The summed E-state index contributed by atoms with van der Waals surface area (Å²) in [5.41, 5.74) is 0.221. The summed E-state index contributed by atoms with van der Waals surface area (Å²) in [5, 5.41) is 4.17. The van der Waals surface area contributed by atoms with Crippen LogP contribution in [-0.4, -0.2) is 51.8 Å². The molecule has 1 spiro atoms. The van der Waals surface area contributed by atoms with Crippen molar-refractivity contribution < 1.29 is 22.4 Å². The summed E-state index contributed by atoms with van der Waals surface area (Å²) in [5.74, 6) is -0.866. The fourth-order valence-corrected chi connectivity index (χ4v) is 4.57. The third-order valence-electron chi connectivity index (χ3n) is 6.22. The molecule has 1 amide bonds. The SMILES string of the molecule is Cc1ccn(C(=O)N2CCC3(CCN(Cc4cc(F)cc(C(F)(F)F)c4)C3)CC2)n1. The molecule has 2 saturated heterocycles. The number of alkyl halides is 3. The van der Waals surface area contributed by atoms with E-state index in [1.807, 2.05) is 6.92 Å². The monoisotopic (exact) mass is 424 g/mol. The predicted octanol–water partition coefficient (Wildman–Crippen LogP) is 4.31. The molecule has 2 aliphatic heterocycles. The lowest BCUT2D eigenvalue weighted by molar-refractivity contribution is -0.137. The van der Waals surface area contributed by atoms with Gasteiger partial charge in [-0.2, -0.15) is 23.0 Å². The van der Waals surface area contributed by atoms with E-state index in [4.69, 9.17) is 0 Å². The quantitative estimate of drug-likeness (QED) is 0.675. The van der Waals surface area contributed by atoms with Crippen molar-refractivity contribution in [2.75, 3.05) is 26.2 Å². The lowest BCUT2D eigenvalue weighted by atomic mass is 9.78. The predicted molar refractivity (Wildman–Crippen MR) is 102 cm³/mol. The van der Waals surface area contributed by atoms with Crippen LogP contribution in [0.4, 0.5) is 22.4 Å². The zero-order valence-electron chi connectivity index (χ0n) is 16.8. The summed E-state index contributed by atoms with van der Waals surface area (Å²) < 4.78 is 53.9. The Bertz CT molecular complexity index is 931. The maximum atomic E-state index is 13.7. The number of hydrogen-bond donors (Lipinski definition) is 0. The molecule has 1 aromatic carbocycles. The van der Waals surface area contributed by atoms with E-state index in [0.717, 1.165) is 44.1 Å². The number of hydrogen-bond acceptors (Lipinski definition) is 3. The molecule has 1 aromatic heterocycles. The van der Waals surface area contributed by atoms with Crippen molar-refractivity contribution in [1.82, 2.24) is 19.6 Å². The first kappa shape index (κ1) is 20.8. The Morgan fingerprint density at radius 1 is 1.13 bits per heavy atom. The molecule has 0 radical (unpaired) electrons. The van der Waals surface area contributed by atoms with Crippen LogP contribution in [0.1, 0.15) is 36.1 Å². The highest BCUT2D eigenvalue weighted by Crippen LogP contribution is 2.41. The van der Waals surface area contributed by atoms with Crippen molar-refractivity contribution in [2.45, 2.75) is 38.9 Å². The maximum Gasteiger partial charge on any atom is 0.416 e. The lowest BCUT2D eigenvalue weighted by Gasteiger charge is -2.39. The summed E-state index contributed by atoms with van der Waals surface area (Å²) in [6.07, 6.45) is -0.292. The molecular weight excluding hydrogens is 400 g/mol. The van der Waals surface area contributed by atoms with Crippen LogP contribution in [0.25, 0.3) is 0 Å². The molecule has 5 nitrogen and oxygen atoms in total. The molecule has 2 aliphatic rings. The van der Waals surface area contributed by atoms with Crippen LogP contribution < -0.4 is 0 Å². The van der Waals surface area contributed by atoms with Gasteiger partial charge in [0, 0.05) is 32.4 Å². The number of amides is 1. The van der Waals surface area contributed by atoms with E-state index in [1.54, 1.807) is 17.2 Å². The third-order valence-corrected chi connectivity index (χ3v) is 6.22. The molecule has 2 aromatic rings. The minimum Gasteiger partial charge on any atom is -0.323 e. The summed E-state index contributed by atoms with van der Waals surface area (Å²) in [6, 6.07) is 4.39. The van der Waals surface area contributed by atoms with Crippen molar-refractivity contribution in [3.63, 3.8) is 0 Å². The van der Waals surface area contributed by atoms with Gasteiger partial charge in [0.25, 0.3) is 0 Å². The van der Waals surface area contributed by atoms with Gasteiger partial charge in [0.2, 0.25) is 0 Å². The maximum absolute atomic E-state index is 13.7. The van der Waals surface area contributed by atoms with Gasteiger partial charge < -0.3 is 4.90 Å². The van der Waals surface area contributed by atoms with E-state index in [1.165, 1.54) is 10.7 Å². The molecule has 4 rings (SSSR count). The zero-order chi connectivity index (χ0) is 21.5. The number of carbonyl (C=O) groups is 1. The Balaban J connectivity index is 1.36. The van der Waals surface area contributed by atoms with E-state index in [2.05, 4.69) is 10.00 Å². The third kappa shape index (κ3) is 4.35. The summed E-state index contributed by atoms with van der Waals surface area (Å²) in [4.78, 5) is 16.4. The van der Waals surface area contributed by atoms with E-state index < -0.39 is 17.6 Å². The minimum atomic E-state index is -4.56. The molecule has 2 fully saturated rings. The van der Waals surface area contributed by atoms with Gasteiger partial charge in [-0.25, -0.2) is 9.18 Å². The van der Waals surface area contributed by atoms with Gasteiger partial charge in [-0.3, -0.25) is 4.90 Å². The lowest BCUT2D eigenvalue weighted by Crippen LogP contribution is -2.45. The van der Waals surface area contributed by atoms with Gasteiger partial charge >= 0.3 is 12.2 Å². The number of benzene rings is 1. The molecule has 0 saturated carbocycles. The van der Waals surface area contributed by atoms with Crippen molar-refractivity contribution >= 4 is 6.03 Å². The van der Waals surface area contributed by atoms with Gasteiger partial charge in [0.15, 0.2) is 0 Å². The first-order valence-corrected chi connectivity index (χ1v) is 10.0. The van der Waals surface area contributed by atoms with E-state index in [9.17, 15) is 22.4 Å². The van der Waals surface area contributed by atoms with Gasteiger partial charge in [-0.1, -0.05) is 0 Å². The van der Waals surface area contributed by atoms with Crippen LogP contribution >= 0.6 is 0 Å². The Morgan fingerprint density at radius 3 is 2.47 bits per heavy atom. The molecule has 0 N–H and O–H groups in total. The highest BCUT2D eigenvalue weighted by Gasteiger charge is 2.41. The number of halogens is 4. The number of nitrogens with zero attached hydrogens (tertiary/aromatic N) is 4. The number of likely N-dealkylation sites (tertiary alicyclic amines) is 2. The van der Waals surface area contributed by atoms with Crippen LogP contribution in [0, 0.1) is 18.2 Å². The van der Waals surface area contributed by atoms with Crippen molar-refractivity contribution in [3.05, 3.63) is 53.1 Å². The molecule has 30 heavy (non-hydrogen) atoms. The number of piperidine rings is 1. The molecule has 9 heteroatoms. The number of aromatic nitrogens is 2. The summed E-state index contributed by atoms with van der Waals surface area (Å²) in [7, 11) is 0. The summed E-state index contributed by atoms with van der Waals surface area (Å²) in [6.45, 7) is 4.88. The Labute approximate surface area is 172 Å². The summed E-state index contributed by atoms with van der Waals surface area (Å²) >= 11 is 0. The number of aryl methyl sites for hydroxylation is 1. The van der Waals surface area contributed by atoms with Crippen LogP contribution in [0.5, 0.6) is 0 Å². The highest BCUT2D eigenvalue weighted by molar-refractivity contribution is 5.76. The second-order valence-electron chi connectivity index (χ2n) is 8.48. The van der Waals surface area contributed by atoms with Crippen molar-refractivity contribution in [3.8, 4) is 0 Å². The van der Waals surface area contributed by atoms with Gasteiger partial charge in [-0.15, -0.1) is 0 Å². The van der Waals surface area contributed by atoms with E-state index in [0.29, 0.717) is 24.7 Å². The normalized spacial score (nSPS) is 19.6. The van der Waals surface area contributed by atoms with Crippen molar-refractivity contribution in [1.29, 1.82) is 0 Å². The van der Waals surface area contributed by atoms with E-state index >= 15 is 0 Å². The molecule has 162 valence electrons. The molecular formula is C21H24F4N4O. The topological polar surface area (TPSA) is 41.4 Å². The van der Waals surface area contributed by atoms with E-state index in [-0.39, 0.29) is 18.0 Å². The van der Waals surface area contributed by atoms with Crippen LogP contribution in [0.15, 0.2) is 30.5 Å². The number of rotatable bonds is 2. The van der Waals surface area contributed by atoms with Gasteiger partial charge in [0.05, 0.1) is 11.3 Å². The average Bonchev–Trinajstić information content (AvgIpc) is 3.27. The first-order valence-electron chi connectivity index (χ1n) is 10.0. The standard InChI is InChI=1S/C21H24F4N4O/c1-15-2-6-29(26-15)19(30)28-8-4-20(5-9-28)3-7-27(14-20)13-16-10-17(21(23,24)25)12-18(22)11-16/h2,6,10-12H,3-5,7-9,13-14H2,1H3. The highest BCUT2D eigenvalue weighted by atomic mass is 19.4. The van der Waals surface area contributed by atoms with Crippen LogP contribution in [0.3, 0.4) is 0 Å². The fraction of sp³-hybridized carbons (Fsp3) is 0.524. The molecule has 0 unspecified atom stereocenters. The Kier molecular flexibility index (Phi) is 5.34.